The Morgan fingerprint density at radius 1 is 1.43 bits per heavy atom. The smallest absolute Gasteiger partial charge is 0.318 e. The molecule has 0 saturated heterocycles. The number of carboxylic acids is 1. The average Bonchev–Trinajstić information content (AvgIpc) is 2.79. The Hall–Kier alpha value is -2.12. The molecule has 0 spiro atoms. The molecule has 21 heavy (non-hydrogen) atoms. The lowest BCUT2D eigenvalue weighted by Crippen LogP contribution is -2.45. The van der Waals surface area contributed by atoms with Gasteiger partial charge in [0.15, 0.2) is 5.82 Å². The lowest BCUT2D eigenvalue weighted by Gasteiger charge is -2.28. The highest BCUT2D eigenvalue weighted by Crippen LogP contribution is 2.10. The van der Waals surface area contributed by atoms with Crippen LogP contribution >= 0.6 is 0 Å². The number of amides is 2. The molecule has 0 aliphatic heterocycles. The van der Waals surface area contributed by atoms with Gasteiger partial charge in [-0.2, -0.15) is 0 Å². The molecular weight excluding hydrogens is 274 g/mol. The standard InChI is InChI=1S/C13H23N5O3/c1-9(2)18(7-5-6-11(19)20)13(21)15-10(3)12-16-14-8-17(12)4/h8-10H,5-7H2,1-4H3,(H,15,21)(H,19,20). The summed E-state index contributed by atoms with van der Waals surface area (Å²) in [5, 5.41) is 19.3. The predicted octanol–water partition coefficient (Wildman–Crippen LogP) is 1.16. The van der Waals surface area contributed by atoms with Crippen LogP contribution in [0.3, 0.4) is 0 Å². The Kier molecular flexibility index (Phi) is 6.13. The first-order chi connectivity index (χ1) is 9.82. The molecule has 8 nitrogen and oxygen atoms in total. The number of hydrogen-bond donors (Lipinski definition) is 2. The second-order valence-corrected chi connectivity index (χ2v) is 5.26. The van der Waals surface area contributed by atoms with E-state index >= 15 is 0 Å². The van der Waals surface area contributed by atoms with Crippen LogP contribution in [0, 0.1) is 0 Å². The van der Waals surface area contributed by atoms with Crippen molar-refractivity contribution in [3.8, 4) is 0 Å². The van der Waals surface area contributed by atoms with Crippen LogP contribution in [0.15, 0.2) is 6.33 Å². The SMILES string of the molecule is CC(NC(=O)N(CCCC(=O)O)C(C)C)c1nncn1C. The summed E-state index contributed by atoms with van der Waals surface area (Å²) in [6.45, 7) is 6.03. The number of aryl methyl sites for hydroxylation is 1. The lowest BCUT2D eigenvalue weighted by atomic mass is 10.2. The van der Waals surface area contributed by atoms with Crippen molar-refractivity contribution in [1.29, 1.82) is 0 Å². The minimum absolute atomic E-state index is 0.00880. The number of urea groups is 1. The molecule has 0 radical (unpaired) electrons. The highest BCUT2D eigenvalue weighted by Gasteiger charge is 2.21. The number of nitrogens with zero attached hydrogens (tertiary/aromatic N) is 4. The van der Waals surface area contributed by atoms with Gasteiger partial charge in [-0.15, -0.1) is 10.2 Å². The Balaban J connectivity index is 2.60. The molecule has 0 aliphatic carbocycles. The molecule has 0 aromatic carbocycles. The Morgan fingerprint density at radius 2 is 2.10 bits per heavy atom. The number of hydrogen-bond acceptors (Lipinski definition) is 4. The Morgan fingerprint density at radius 3 is 2.57 bits per heavy atom. The molecule has 2 N–H and O–H groups in total. The van der Waals surface area contributed by atoms with Gasteiger partial charge in [0.2, 0.25) is 0 Å². The van der Waals surface area contributed by atoms with E-state index < -0.39 is 5.97 Å². The lowest BCUT2D eigenvalue weighted by molar-refractivity contribution is -0.137. The van der Waals surface area contributed by atoms with Gasteiger partial charge in [0, 0.05) is 26.1 Å². The van der Waals surface area contributed by atoms with Crippen LogP contribution < -0.4 is 5.32 Å². The third-order valence-electron chi connectivity index (χ3n) is 3.15. The van der Waals surface area contributed by atoms with E-state index in [9.17, 15) is 9.59 Å². The summed E-state index contributed by atoms with van der Waals surface area (Å²) in [5.41, 5.74) is 0. The third-order valence-corrected chi connectivity index (χ3v) is 3.15. The Labute approximate surface area is 124 Å². The summed E-state index contributed by atoms with van der Waals surface area (Å²) in [4.78, 5) is 24.5. The summed E-state index contributed by atoms with van der Waals surface area (Å²) < 4.78 is 1.75. The van der Waals surface area contributed by atoms with Gasteiger partial charge in [0.05, 0.1) is 6.04 Å². The quantitative estimate of drug-likeness (QED) is 0.786. The normalized spacial score (nSPS) is 12.2. The molecule has 0 fully saturated rings. The molecular formula is C13H23N5O3. The fourth-order valence-electron chi connectivity index (χ4n) is 2.01. The van der Waals surface area contributed by atoms with E-state index in [0.29, 0.717) is 18.8 Å². The van der Waals surface area contributed by atoms with Gasteiger partial charge < -0.3 is 19.9 Å². The summed E-state index contributed by atoms with van der Waals surface area (Å²) in [6, 6.07) is -0.512. The highest BCUT2D eigenvalue weighted by molar-refractivity contribution is 5.75. The maximum Gasteiger partial charge on any atom is 0.318 e. The maximum absolute atomic E-state index is 12.3. The maximum atomic E-state index is 12.3. The van der Waals surface area contributed by atoms with Crippen molar-refractivity contribution in [2.75, 3.05) is 6.54 Å². The van der Waals surface area contributed by atoms with E-state index in [1.807, 2.05) is 27.8 Å². The van der Waals surface area contributed by atoms with Crippen molar-refractivity contribution in [3.63, 3.8) is 0 Å². The number of aliphatic carboxylic acids is 1. The van der Waals surface area contributed by atoms with Gasteiger partial charge in [-0.05, 0) is 27.2 Å². The molecule has 1 aromatic heterocycles. The van der Waals surface area contributed by atoms with Gasteiger partial charge in [0.25, 0.3) is 0 Å². The van der Waals surface area contributed by atoms with Gasteiger partial charge in [-0.3, -0.25) is 4.79 Å². The summed E-state index contributed by atoms with van der Waals surface area (Å²) in [7, 11) is 1.81. The van der Waals surface area contributed by atoms with Crippen LogP contribution in [0.25, 0.3) is 0 Å². The van der Waals surface area contributed by atoms with Crippen molar-refractivity contribution in [2.24, 2.45) is 7.05 Å². The van der Waals surface area contributed by atoms with E-state index in [2.05, 4.69) is 15.5 Å². The van der Waals surface area contributed by atoms with Gasteiger partial charge in [-0.1, -0.05) is 0 Å². The first-order valence-electron chi connectivity index (χ1n) is 6.95. The molecule has 1 aromatic rings. The summed E-state index contributed by atoms with van der Waals surface area (Å²) >= 11 is 0. The molecule has 1 unspecified atom stereocenters. The van der Waals surface area contributed by atoms with Crippen LogP contribution in [0.2, 0.25) is 0 Å². The zero-order chi connectivity index (χ0) is 16.0. The molecule has 8 heteroatoms. The molecule has 1 atom stereocenters. The number of carbonyl (C=O) groups excluding carboxylic acids is 1. The zero-order valence-electron chi connectivity index (χ0n) is 12.9. The first kappa shape index (κ1) is 16.9. The topological polar surface area (TPSA) is 100 Å². The van der Waals surface area contributed by atoms with Crippen LogP contribution in [0.4, 0.5) is 4.79 Å². The van der Waals surface area contributed by atoms with Crippen LogP contribution in [-0.2, 0) is 11.8 Å². The van der Waals surface area contributed by atoms with Crippen molar-refractivity contribution < 1.29 is 14.7 Å². The van der Waals surface area contributed by atoms with Crippen LogP contribution in [-0.4, -0.2) is 49.4 Å². The largest absolute Gasteiger partial charge is 0.481 e. The summed E-state index contributed by atoms with van der Waals surface area (Å²) in [6.07, 6.45) is 2.06. The monoisotopic (exact) mass is 297 g/mol. The molecule has 1 rings (SSSR count). The number of rotatable bonds is 7. The fourth-order valence-corrected chi connectivity index (χ4v) is 2.01. The Bertz CT molecular complexity index is 486. The highest BCUT2D eigenvalue weighted by atomic mass is 16.4. The number of nitrogens with one attached hydrogen (secondary N) is 1. The van der Waals surface area contributed by atoms with E-state index in [4.69, 9.17) is 5.11 Å². The van der Waals surface area contributed by atoms with Crippen molar-refractivity contribution in [3.05, 3.63) is 12.2 Å². The molecule has 118 valence electrons. The van der Waals surface area contributed by atoms with Crippen LogP contribution in [0.5, 0.6) is 0 Å². The number of aromatic nitrogens is 3. The second kappa shape index (κ2) is 7.61. The number of carboxylic acid groups (broad SMARTS) is 1. The fraction of sp³-hybridized carbons (Fsp3) is 0.692. The van der Waals surface area contributed by atoms with Crippen molar-refractivity contribution in [1.82, 2.24) is 25.0 Å². The molecule has 0 saturated carbocycles. The number of carbonyl (C=O) groups is 2. The van der Waals surface area contributed by atoms with E-state index in [0.717, 1.165) is 0 Å². The van der Waals surface area contributed by atoms with Gasteiger partial charge in [-0.25, -0.2) is 4.79 Å². The van der Waals surface area contributed by atoms with E-state index in [-0.39, 0.29) is 24.5 Å². The molecule has 0 aliphatic rings. The van der Waals surface area contributed by atoms with E-state index in [1.165, 1.54) is 0 Å². The molecule has 0 bridgehead atoms. The average molecular weight is 297 g/mol. The minimum Gasteiger partial charge on any atom is -0.481 e. The van der Waals surface area contributed by atoms with E-state index in [1.54, 1.807) is 15.8 Å². The van der Waals surface area contributed by atoms with Gasteiger partial charge >= 0.3 is 12.0 Å². The minimum atomic E-state index is -0.855. The zero-order valence-corrected chi connectivity index (χ0v) is 12.9. The first-order valence-corrected chi connectivity index (χ1v) is 6.95. The third kappa shape index (κ3) is 5.05. The summed E-state index contributed by atoms with van der Waals surface area (Å²) in [5.74, 6) is -0.191. The van der Waals surface area contributed by atoms with Crippen LogP contribution in [0.1, 0.15) is 45.5 Å². The van der Waals surface area contributed by atoms with Gasteiger partial charge in [0.1, 0.15) is 6.33 Å². The predicted molar refractivity (Wildman–Crippen MR) is 76.7 cm³/mol. The second-order valence-electron chi connectivity index (χ2n) is 5.26. The molecule has 1 heterocycles. The van der Waals surface area contributed by atoms with Crippen molar-refractivity contribution >= 4 is 12.0 Å². The molecule has 2 amide bonds. The van der Waals surface area contributed by atoms with Crippen molar-refractivity contribution in [2.45, 2.75) is 45.7 Å².